The Bertz CT molecular complexity index is 294. The number of rotatable bonds is 7. The summed E-state index contributed by atoms with van der Waals surface area (Å²) in [5.74, 6) is 1.65. The molecule has 0 spiro atoms. The van der Waals surface area contributed by atoms with Crippen LogP contribution in [0.15, 0.2) is 6.33 Å². The van der Waals surface area contributed by atoms with Crippen molar-refractivity contribution in [3.05, 3.63) is 12.2 Å². The summed E-state index contributed by atoms with van der Waals surface area (Å²) in [6.07, 6.45) is 1.64. The highest BCUT2D eigenvalue weighted by atomic mass is 15.3. The molecule has 1 rings (SSSR count). The predicted molar refractivity (Wildman–Crippen MR) is 65.1 cm³/mol. The van der Waals surface area contributed by atoms with Crippen LogP contribution in [-0.2, 0) is 13.1 Å². The molecule has 16 heavy (non-hydrogen) atoms. The van der Waals surface area contributed by atoms with Gasteiger partial charge in [0.05, 0.1) is 6.54 Å². The molecule has 0 radical (unpaired) electrons. The summed E-state index contributed by atoms with van der Waals surface area (Å²) in [5, 5.41) is 7.39. The zero-order valence-electron chi connectivity index (χ0n) is 10.8. The quantitative estimate of drug-likeness (QED) is 0.737. The van der Waals surface area contributed by atoms with Crippen LogP contribution in [0, 0.1) is 5.92 Å². The van der Waals surface area contributed by atoms with E-state index >= 15 is 0 Å². The van der Waals surface area contributed by atoms with Crippen molar-refractivity contribution in [3.63, 3.8) is 0 Å². The van der Waals surface area contributed by atoms with Gasteiger partial charge in [-0.1, -0.05) is 13.8 Å². The van der Waals surface area contributed by atoms with Crippen molar-refractivity contribution in [2.75, 3.05) is 27.2 Å². The van der Waals surface area contributed by atoms with Crippen molar-refractivity contribution in [2.24, 2.45) is 5.92 Å². The lowest BCUT2D eigenvalue weighted by Crippen LogP contribution is -2.28. The summed E-state index contributed by atoms with van der Waals surface area (Å²) >= 11 is 0. The minimum absolute atomic E-state index is 0.600. The summed E-state index contributed by atoms with van der Waals surface area (Å²) < 4.78 is 2.00. The van der Waals surface area contributed by atoms with Gasteiger partial charge in [-0.15, -0.1) is 0 Å². The molecule has 92 valence electrons. The average molecular weight is 225 g/mol. The Labute approximate surface area is 97.9 Å². The third-order valence-corrected chi connectivity index (χ3v) is 2.39. The fourth-order valence-corrected chi connectivity index (χ4v) is 1.53. The van der Waals surface area contributed by atoms with Crippen molar-refractivity contribution in [3.8, 4) is 0 Å². The van der Waals surface area contributed by atoms with E-state index in [0.717, 1.165) is 32.0 Å². The van der Waals surface area contributed by atoms with E-state index in [2.05, 4.69) is 41.2 Å². The molecule has 0 aliphatic carbocycles. The predicted octanol–water partition coefficient (Wildman–Crippen LogP) is 0.585. The van der Waals surface area contributed by atoms with Crippen LogP contribution in [0.25, 0.3) is 0 Å². The molecule has 5 heteroatoms. The number of hydrogen-bond acceptors (Lipinski definition) is 4. The SMILES string of the molecule is CNCCN(C)Cc1ncnn1CC(C)C. The normalized spacial score (nSPS) is 11.6. The largest absolute Gasteiger partial charge is 0.318 e. The smallest absolute Gasteiger partial charge is 0.141 e. The van der Waals surface area contributed by atoms with E-state index in [4.69, 9.17) is 0 Å². The number of nitrogens with one attached hydrogen (secondary N) is 1. The highest BCUT2D eigenvalue weighted by molar-refractivity contribution is 4.84. The molecule has 1 aromatic heterocycles. The number of aromatic nitrogens is 3. The van der Waals surface area contributed by atoms with Crippen molar-refractivity contribution in [1.29, 1.82) is 0 Å². The first-order chi connectivity index (χ1) is 7.63. The van der Waals surface area contributed by atoms with Crippen LogP contribution >= 0.6 is 0 Å². The van der Waals surface area contributed by atoms with Gasteiger partial charge in [0.25, 0.3) is 0 Å². The first-order valence-corrected chi connectivity index (χ1v) is 5.83. The number of hydrogen-bond donors (Lipinski definition) is 1. The van der Waals surface area contributed by atoms with Gasteiger partial charge < -0.3 is 5.32 Å². The average Bonchev–Trinajstić information content (AvgIpc) is 2.62. The molecule has 0 aliphatic heterocycles. The first-order valence-electron chi connectivity index (χ1n) is 5.83. The molecular weight excluding hydrogens is 202 g/mol. The topological polar surface area (TPSA) is 46.0 Å². The third kappa shape index (κ3) is 4.28. The Morgan fingerprint density at radius 3 is 2.88 bits per heavy atom. The first kappa shape index (κ1) is 13.1. The van der Waals surface area contributed by atoms with Crippen molar-refractivity contribution in [2.45, 2.75) is 26.9 Å². The maximum atomic E-state index is 4.31. The molecule has 5 nitrogen and oxygen atoms in total. The van der Waals surface area contributed by atoms with Gasteiger partial charge in [-0.2, -0.15) is 5.10 Å². The number of nitrogens with zero attached hydrogens (tertiary/aromatic N) is 4. The zero-order valence-corrected chi connectivity index (χ0v) is 10.8. The highest BCUT2D eigenvalue weighted by Gasteiger charge is 2.08. The van der Waals surface area contributed by atoms with Crippen molar-refractivity contribution >= 4 is 0 Å². The van der Waals surface area contributed by atoms with Crippen LogP contribution in [-0.4, -0.2) is 46.8 Å². The summed E-state index contributed by atoms with van der Waals surface area (Å²) in [5.41, 5.74) is 0. The monoisotopic (exact) mass is 225 g/mol. The van der Waals surface area contributed by atoms with E-state index in [1.165, 1.54) is 0 Å². The zero-order chi connectivity index (χ0) is 12.0. The lowest BCUT2D eigenvalue weighted by molar-refractivity contribution is 0.307. The maximum Gasteiger partial charge on any atom is 0.141 e. The van der Waals surface area contributed by atoms with Crippen LogP contribution in [0.3, 0.4) is 0 Å². The van der Waals surface area contributed by atoms with Gasteiger partial charge in [0.1, 0.15) is 12.2 Å². The minimum Gasteiger partial charge on any atom is -0.318 e. The van der Waals surface area contributed by atoms with Gasteiger partial charge in [0, 0.05) is 19.6 Å². The molecular formula is C11H23N5. The Hall–Kier alpha value is -0.940. The van der Waals surface area contributed by atoms with Gasteiger partial charge in [-0.3, -0.25) is 4.90 Å². The highest BCUT2D eigenvalue weighted by Crippen LogP contribution is 2.03. The molecule has 0 amide bonds. The van der Waals surface area contributed by atoms with E-state index in [9.17, 15) is 0 Å². The molecule has 0 atom stereocenters. The van der Waals surface area contributed by atoms with Crippen LogP contribution < -0.4 is 5.32 Å². The molecule has 1 aromatic rings. The summed E-state index contributed by atoms with van der Waals surface area (Å²) in [4.78, 5) is 6.55. The second kappa shape index (κ2) is 6.60. The molecule has 0 saturated heterocycles. The third-order valence-electron chi connectivity index (χ3n) is 2.39. The van der Waals surface area contributed by atoms with Gasteiger partial charge >= 0.3 is 0 Å². The van der Waals surface area contributed by atoms with Crippen LogP contribution in [0.5, 0.6) is 0 Å². The van der Waals surface area contributed by atoms with E-state index < -0.39 is 0 Å². The molecule has 0 aromatic carbocycles. The Balaban J connectivity index is 2.49. The van der Waals surface area contributed by atoms with Gasteiger partial charge in [-0.25, -0.2) is 9.67 Å². The molecule has 1 heterocycles. The van der Waals surface area contributed by atoms with E-state index in [0.29, 0.717) is 5.92 Å². The lowest BCUT2D eigenvalue weighted by atomic mass is 10.2. The Kier molecular flexibility index (Phi) is 5.42. The van der Waals surface area contributed by atoms with E-state index in [1.54, 1.807) is 6.33 Å². The maximum absolute atomic E-state index is 4.31. The molecule has 1 N–H and O–H groups in total. The molecule has 0 unspecified atom stereocenters. The summed E-state index contributed by atoms with van der Waals surface area (Å²) in [6.45, 7) is 8.19. The number of likely N-dealkylation sites (N-methyl/N-ethyl adjacent to an activating group) is 2. The van der Waals surface area contributed by atoms with E-state index in [1.807, 2.05) is 11.7 Å². The summed E-state index contributed by atoms with van der Waals surface area (Å²) in [6, 6.07) is 0. The van der Waals surface area contributed by atoms with Gasteiger partial charge in [0.15, 0.2) is 0 Å². The fraction of sp³-hybridized carbons (Fsp3) is 0.818. The van der Waals surface area contributed by atoms with Crippen LogP contribution in [0.4, 0.5) is 0 Å². The second-order valence-electron chi connectivity index (χ2n) is 4.59. The molecule has 0 bridgehead atoms. The van der Waals surface area contributed by atoms with Gasteiger partial charge in [-0.05, 0) is 20.0 Å². The molecule has 0 aliphatic rings. The second-order valence-corrected chi connectivity index (χ2v) is 4.59. The molecule has 0 fully saturated rings. The van der Waals surface area contributed by atoms with Crippen LogP contribution in [0.2, 0.25) is 0 Å². The minimum atomic E-state index is 0.600. The lowest BCUT2D eigenvalue weighted by Gasteiger charge is -2.16. The Morgan fingerprint density at radius 1 is 1.50 bits per heavy atom. The molecule has 0 saturated carbocycles. The Morgan fingerprint density at radius 2 is 2.25 bits per heavy atom. The standard InChI is InChI=1S/C11H23N5/c1-10(2)7-16-11(13-9-14-16)8-15(4)6-5-12-3/h9-10,12H,5-8H2,1-4H3. The van der Waals surface area contributed by atoms with Gasteiger partial charge in [0.2, 0.25) is 0 Å². The summed E-state index contributed by atoms with van der Waals surface area (Å²) in [7, 11) is 4.07. The van der Waals surface area contributed by atoms with Crippen molar-refractivity contribution < 1.29 is 0 Å². The van der Waals surface area contributed by atoms with Crippen LogP contribution in [0.1, 0.15) is 19.7 Å². The van der Waals surface area contributed by atoms with E-state index in [-0.39, 0.29) is 0 Å². The fourth-order valence-electron chi connectivity index (χ4n) is 1.53. The van der Waals surface area contributed by atoms with Crippen molar-refractivity contribution in [1.82, 2.24) is 25.0 Å².